The van der Waals surface area contributed by atoms with Crippen molar-refractivity contribution in [2.75, 3.05) is 26.2 Å². The summed E-state index contributed by atoms with van der Waals surface area (Å²) in [6, 6.07) is 12.2. The molecule has 20 heavy (non-hydrogen) atoms. The van der Waals surface area contributed by atoms with Crippen LogP contribution < -0.4 is 0 Å². The summed E-state index contributed by atoms with van der Waals surface area (Å²) in [5, 5.41) is 0. The Bertz CT molecular complexity index is 466. The lowest BCUT2D eigenvalue weighted by Crippen LogP contribution is -2.55. The first-order valence-electron chi connectivity index (χ1n) is 7.92. The number of hydrogen-bond acceptors (Lipinski definition) is 2. The van der Waals surface area contributed by atoms with Crippen LogP contribution in [0.15, 0.2) is 35.9 Å². The summed E-state index contributed by atoms with van der Waals surface area (Å²) in [6.07, 6.45) is 5.11. The van der Waals surface area contributed by atoms with Gasteiger partial charge in [0.15, 0.2) is 0 Å². The van der Waals surface area contributed by atoms with Crippen molar-refractivity contribution in [1.82, 2.24) is 9.80 Å². The van der Waals surface area contributed by atoms with Gasteiger partial charge in [0.2, 0.25) is 0 Å². The zero-order valence-corrected chi connectivity index (χ0v) is 12.8. The number of hydrogen-bond donors (Lipinski definition) is 0. The highest BCUT2D eigenvalue weighted by atomic mass is 15.3. The van der Waals surface area contributed by atoms with Gasteiger partial charge in [-0.1, -0.05) is 42.0 Å². The van der Waals surface area contributed by atoms with E-state index in [-0.39, 0.29) is 0 Å². The van der Waals surface area contributed by atoms with Crippen LogP contribution in [0, 0.1) is 0 Å². The predicted molar refractivity (Wildman–Crippen MR) is 85.7 cm³/mol. The third kappa shape index (κ3) is 3.13. The van der Waals surface area contributed by atoms with Crippen LogP contribution in [0.5, 0.6) is 0 Å². The third-order valence-corrected chi connectivity index (χ3v) is 4.73. The van der Waals surface area contributed by atoms with E-state index in [0.717, 1.165) is 12.6 Å². The minimum Gasteiger partial charge on any atom is -0.298 e. The molecule has 0 aliphatic carbocycles. The van der Waals surface area contributed by atoms with E-state index in [4.69, 9.17) is 0 Å². The molecule has 3 rings (SSSR count). The van der Waals surface area contributed by atoms with Gasteiger partial charge in [-0.3, -0.25) is 9.80 Å². The van der Waals surface area contributed by atoms with E-state index in [1.165, 1.54) is 43.6 Å². The van der Waals surface area contributed by atoms with Gasteiger partial charge < -0.3 is 0 Å². The van der Waals surface area contributed by atoms with Gasteiger partial charge in [0, 0.05) is 31.7 Å². The van der Waals surface area contributed by atoms with E-state index in [1.807, 2.05) is 0 Å². The molecule has 0 bridgehead atoms. The van der Waals surface area contributed by atoms with E-state index < -0.39 is 0 Å². The van der Waals surface area contributed by atoms with Crippen molar-refractivity contribution in [3.8, 4) is 0 Å². The predicted octanol–water partition coefficient (Wildman–Crippen LogP) is 3.26. The van der Waals surface area contributed by atoms with Gasteiger partial charge in [-0.15, -0.1) is 0 Å². The molecule has 2 aliphatic rings. The zero-order valence-electron chi connectivity index (χ0n) is 12.8. The molecule has 0 spiro atoms. The molecule has 0 saturated carbocycles. The summed E-state index contributed by atoms with van der Waals surface area (Å²) < 4.78 is 0. The number of piperazine rings is 1. The van der Waals surface area contributed by atoms with E-state index in [2.05, 4.69) is 60.1 Å². The second-order valence-corrected chi connectivity index (χ2v) is 6.47. The standard InChI is InChI=1S/C18H26N2/c1-15(11-17-7-4-3-5-8-17)12-20-14-18-9-6-10-19(18)13-16(20)2/h3-5,7-8,11,16,18H,6,9-10,12-14H2,1-2H3/b15-11+/t16-,18+/m1/s1. The highest BCUT2D eigenvalue weighted by molar-refractivity contribution is 5.52. The van der Waals surface area contributed by atoms with E-state index >= 15 is 0 Å². The Kier molecular flexibility index (Phi) is 4.23. The van der Waals surface area contributed by atoms with Gasteiger partial charge in [0.25, 0.3) is 0 Å². The fourth-order valence-corrected chi connectivity index (χ4v) is 3.67. The van der Waals surface area contributed by atoms with Crippen LogP contribution in [0.25, 0.3) is 6.08 Å². The van der Waals surface area contributed by atoms with Crippen LogP contribution >= 0.6 is 0 Å². The Hall–Kier alpha value is -1.12. The van der Waals surface area contributed by atoms with Gasteiger partial charge >= 0.3 is 0 Å². The summed E-state index contributed by atoms with van der Waals surface area (Å²) in [4.78, 5) is 5.36. The Morgan fingerprint density at radius 2 is 2.05 bits per heavy atom. The minimum atomic E-state index is 0.684. The first kappa shape index (κ1) is 13.8. The van der Waals surface area contributed by atoms with Crippen molar-refractivity contribution in [1.29, 1.82) is 0 Å². The van der Waals surface area contributed by atoms with E-state index in [1.54, 1.807) is 0 Å². The lowest BCUT2D eigenvalue weighted by Gasteiger charge is -2.42. The maximum absolute atomic E-state index is 2.69. The molecule has 1 aromatic rings. The smallest absolute Gasteiger partial charge is 0.0224 e. The SMILES string of the molecule is C/C(=C\c1ccccc1)CN1C[C@@H]2CCCN2C[C@H]1C. The molecule has 2 heteroatoms. The molecule has 2 saturated heterocycles. The van der Waals surface area contributed by atoms with Crippen LogP contribution in [0.2, 0.25) is 0 Å². The monoisotopic (exact) mass is 270 g/mol. The van der Waals surface area contributed by atoms with Crippen LogP contribution in [-0.2, 0) is 0 Å². The van der Waals surface area contributed by atoms with Crippen molar-refractivity contribution in [2.24, 2.45) is 0 Å². The molecule has 0 radical (unpaired) electrons. The fraction of sp³-hybridized carbons (Fsp3) is 0.556. The van der Waals surface area contributed by atoms with Crippen LogP contribution in [-0.4, -0.2) is 48.1 Å². The van der Waals surface area contributed by atoms with E-state index in [9.17, 15) is 0 Å². The molecule has 0 aromatic heterocycles. The Labute approximate surface area is 123 Å². The highest BCUT2D eigenvalue weighted by Crippen LogP contribution is 2.25. The average Bonchev–Trinajstić information content (AvgIpc) is 2.87. The Balaban J connectivity index is 1.63. The van der Waals surface area contributed by atoms with Crippen LogP contribution in [0.3, 0.4) is 0 Å². The average molecular weight is 270 g/mol. The van der Waals surface area contributed by atoms with Crippen molar-refractivity contribution in [2.45, 2.75) is 38.8 Å². The molecular formula is C18H26N2. The van der Waals surface area contributed by atoms with Gasteiger partial charge in [0.05, 0.1) is 0 Å². The van der Waals surface area contributed by atoms with E-state index in [0.29, 0.717) is 6.04 Å². The first-order valence-corrected chi connectivity index (χ1v) is 7.92. The minimum absolute atomic E-state index is 0.684. The lowest BCUT2D eigenvalue weighted by atomic mass is 10.1. The van der Waals surface area contributed by atoms with Crippen LogP contribution in [0.1, 0.15) is 32.3 Å². The molecule has 0 amide bonds. The van der Waals surface area contributed by atoms with Crippen molar-refractivity contribution in [3.05, 3.63) is 41.5 Å². The van der Waals surface area contributed by atoms with Crippen molar-refractivity contribution in [3.63, 3.8) is 0 Å². The summed E-state index contributed by atoms with van der Waals surface area (Å²) in [6.45, 7) is 9.58. The highest BCUT2D eigenvalue weighted by Gasteiger charge is 2.33. The summed E-state index contributed by atoms with van der Waals surface area (Å²) in [7, 11) is 0. The second kappa shape index (κ2) is 6.11. The molecule has 0 N–H and O–H groups in total. The van der Waals surface area contributed by atoms with Crippen molar-refractivity contribution >= 4 is 6.08 Å². The summed E-state index contributed by atoms with van der Waals surface area (Å²) in [5.41, 5.74) is 2.78. The maximum Gasteiger partial charge on any atom is 0.0224 e. The number of nitrogens with zero attached hydrogens (tertiary/aromatic N) is 2. The molecule has 2 nitrogen and oxygen atoms in total. The van der Waals surface area contributed by atoms with Crippen molar-refractivity contribution < 1.29 is 0 Å². The van der Waals surface area contributed by atoms with Crippen LogP contribution in [0.4, 0.5) is 0 Å². The number of benzene rings is 1. The largest absolute Gasteiger partial charge is 0.298 e. The fourth-order valence-electron chi connectivity index (χ4n) is 3.67. The van der Waals surface area contributed by atoms with Gasteiger partial charge in [-0.05, 0) is 38.8 Å². The first-order chi connectivity index (χ1) is 9.72. The summed E-state index contributed by atoms with van der Waals surface area (Å²) in [5.74, 6) is 0. The molecule has 1 aromatic carbocycles. The van der Waals surface area contributed by atoms with Gasteiger partial charge in [-0.25, -0.2) is 0 Å². The second-order valence-electron chi connectivity index (χ2n) is 6.47. The normalized spacial score (nSPS) is 28.6. The zero-order chi connectivity index (χ0) is 13.9. The molecular weight excluding hydrogens is 244 g/mol. The maximum atomic E-state index is 2.69. The van der Waals surface area contributed by atoms with Gasteiger partial charge in [0.1, 0.15) is 0 Å². The molecule has 2 fully saturated rings. The molecule has 108 valence electrons. The lowest BCUT2D eigenvalue weighted by molar-refractivity contribution is 0.0668. The molecule has 2 atom stereocenters. The topological polar surface area (TPSA) is 6.48 Å². The third-order valence-electron chi connectivity index (χ3n) is 4.73. The summed E-state index contributed by atoms with van der Waals surface area (Å²) >= 11 is 0. The Morgan fingerprint density at radius 3 is 2.85 bits per heavy atom. The Morgan fingerprint density at radius 1 is 1.25 bits per heavy atom. The number of fused-ring (bicyclic) bond motifs is 1. The van der Waals surface area contributed by atoms with Gasteiger partial charge in [-0.2, -0.15) is 0 Å². The molecule has 2 heterocycles. The molecule has 2 aliphatic heterocycles. The molecule has 0 unspecified atom stereocenters. The number of rotatable bonds is 3. The quantitative estimate of drug-likeness (QED) is 0.832.